The van der Waals surface area contributed by atoms with Crippen molar-refractivity contribution in [3.8, 4) is 0 Å². The molecular weight excluding hydrogens is 234 g/mol. The van der Waals surface area contributed by atoms with Gasteiger partial charge in [0, 0.05) is 0 Å². The van der Waals surface area contributed by atoms with Gasteiger partial charge in [0.25, 0.3) is 0 Å². The van der Waals surface area contributed by atoms with Crippen molar-refractivity contribution in [2.75, 3.05) is 19.6 Å². The van der Waals surface area contributed by atoms with Crippen molar-refractivity contribution in [1.29, 1.82) is 0 Å². The second kappa shape index (κ2) is 6.34. The second-order valence-corrected chi connectivity index (χ2v) is 4.59. The number of hydrogen-bond acceptors (Lipinski definition) is 4. The van der Waals surface area contributed by atoms with Gasteiger partial charge in [-0.2, -0.15) is 5.10 Å². The first-order chi connectivity index (χ1) is 8.74. The van der Waals surface area contributed by atoms with Crippen LogP contribution in [0.15, 0.2) is 4.79 Å². The topological polar surface area (TPSA) is 93.9 Å². The molecule has 0 atom stereocenters. The van der Waals surface area contributed by atoms with E-state index in [9.17, 15) is 9.59 Å². The molecule has 100 valence electrons. The van der Waals surface area contributed by atoms with E-state index in [1.165, 1.54) is 25.7 Å². The van der Waals surface area contributed by atoms with Crippen LogP contribution in [-0.4, -0.2) is 45.6 Å². The number of amides is 1. The second-order valence-electron chi connectivity index (χ2n) is 4.59. The third-order valence-corrected chi connectivity index (χ3v) is 3.07. The average Bonchev–Trinajstić information content (AvgIpc) is 2.60. The largest absolute Gasteiger partial charge is 0.348 e. The number of nitrogens with zero attached hydrogens (tertiary/aromatic N) is 2. The fourth-order valence-electron chi connectivity index (χ4n) is 2.12. The number of nitrogens with one attached hydrogen (secondary N) is 3. The molecule has 0 bridgehead atoms. The van der Waals surface area contributed by atoms with Crippen molar-refractivity contribution in [2.45, 2.75) is 32.2 Å². The lowest BCUT2D eigenvalue weighted by Crippen LogP contribution is -2.37. The van der Waals surface area contributed by atoms with Crippen molar-refractivity contribution >= 4 is 5.91 Å². The molecule has 1 saturated heterocycles. The molecule has 7 heteroatoms. The molecule has 0 spiro atoms. The van der Waals surface area contributed by atoms with E-state index < -0.39 is 0 Å². The van der Waals surface area contributed by atoms with Gasteiger partial charge in [0.1, 0.15) is 5.82 Å². The van der Waals surface area contributed by atoms with Crippen LogP contribution >= 0.6 is 0 Å². The Kier molecular flexibility index (Phi) is 4.52. The molecule has 1 aromatic heterocycles. The Bertz CT molecular complexity index is 431. The van der Waals surface area contributed by atoms with E-state index >= 15 is 0 Å². The fourth-order valence-corrected chi connectivity index (χ4v) is 2.12. The summed E-state index contributed by atoms with van der Waals surface area (Å²) in [5.41, 5.74) is -0.355. The van der Waals surface area contributed by atoms with E-state index in [1.54, 1.807) is 0 Å². The van der Waals surface area contributed by atoms with Gasteiger partial charge >= 0.3 is 5.69 Å². The first-order valence-electron chi connectivity index (χ1n) is 6.36. The van der Waals surface area contributed by atoms with Gasteiger partial charge in [-0.05, 0) is 25.9 Å². The highest BCUT2D eigenvalue weighted by Gasteiger charge is 2.12. The average molecular weight is 253 g/mol. The molecule has 1 aliphatic heterocycles. The zero-order chi connectivity index (χ0) is 12.8. The summed E-state index contributed by atoms with van der Waals surface area (Å²) < 4.78 is 0. The first-order valence-corrected chi connectivity index (χ1v) is 6.36. The lowest BCUT2D eigenvalue weighted by Gasteiger charge is -2.18. The van der Waals surface area contributed by atoms with Gasteiger partial charge < -0.3 is 5.32 Å². The highest BCUT2D eigenvalue weighted by atomic mass is 16.2. The summed E-state index contributed by atoms with van der Waals surface area (Å²) >= 11 is 0. The standard InChI is InChI=1S/C11H19N5O2/c17-10(8-16-5-3-1-2-4-6-16)12-7-9-13-11(18)15-14-9/h1-8H2,(H,12,17)(H2,13,14,15,18). The molecule has 0 unspecified atom stereocenters. The van der Waals surface area contributed by atoms with Crippen LogP contribution in [0, 0.1) is 0 Å². The summed E-state index contributed by atoms with van der Waals surface area (Å²) in [6.07, 6.45) is 4.85. The van der Waals surface area contributed by atoms with Crippen LogP contribution in [0.5, 0.6) is 0 Å². The Morgan fingerprint density at radius 2 is 2.00 bits per heavy atom. The summed E-state index contributed by atoms with van der Waals surface area (Å²) in [6, 6.07) is 0. The number of carbonyl (C=O) groups is 1. The van der Waals surface area contributed by atoms with Crippen LogP contribution < -0.4 is 11.0 Å². The van der Waals surface area contributed by atoms with Gasteiger partial charge in [-0.3, -0.25) is 14.7 Å². The van der Waals surface area contributed by atoms with Gasteiger partial charge in [-0.15, -0.1) is 0 Å². The normalized spacial score (nSPS) is 17.3. The Labute approximate surface area is 105 Å². The Morgan fingerprint density at radius 3 is 2.61 bits per heavy atom. The highest BCUT2D eigenvalue weighted by Crippen LogP contribution is 2.08. The van der Waals surface area contributed by atoms with Gasteiger partial charge in [0.05, 0.1) is 13.1 Å². The van der Waals surface area contributed by atoms with Gasteiger partial charge in [-0.1, -0.05) is 12.8 Å². The lowest BCUT2D eigenvalue weighted by atomic mass is 10.2. The molecule has 2 rings (SSSR count). The zero-order valence-electron chi connectivity index (χ0n) is 10.4. The molecule has 18 heavy (non-hydrogen) atoms. The Balaban J connectivity index is 1.72. The maximum Gasteiger partial charge on any atom is 0.340 e. The number of aromatic amines is 2. The maximum atomic E-state index is 11.7. The molecule has 0 saturated carbocycles. The summed E-state index contributed by atoms with van der Waals surface area (Å²) in [4.78, 5) is 27.2. The van der Waals surface area contributed by atoms with E-state index in [0.717, 1.165) is 13.1 Å². The van der Waals surface area contributed by atoms with E-state index in [-0.39, 0.29) is 18.1 Å². The van der Waals surface area contributed by atoms with Crippen molar-refractivity contribution < 1.29 is 4.79 Å². The molecule has 1 aromatic rings. The molecule has 3 N–H and O–H groups in total. The molecule has 7 nitrogen and oxygen atoms in total. The van der Waals surface area contributed by atoms with E-state index in [1.807, 2.05) is 0 Å². The predicted molar refractivity (Wildman–Crippen MR) is 66.0 cm³/mol. The molecule has 1 aliphatic rings. The van der Waals surface area contributed by atoms with Crippen LogP contribution in [0.3, 0.4) is 0 Å². The SMILES string of the molecule is O=C(CN1CCCCCC1)NCc1n[nH]c(=O)[nH]1. The number of rotatable bonds is 4. The smallest absolute Gasteiger partial charge is 0.340 e. The number of carbonyl (C=O) groups excluding carboxylic acids is 1. The predicted octanol–water partition coefficient (Wildman–Crippen LogP) is -0.410. The van der Waals surface area contributed by atoms with Crippen molar-refractivity contribution in [3.05, 3.63) is 16.3 Å². The van der Waals surface area contributed by atoms with Crippen LogP contribution in [0.4, 0.5) is 0 Å². The van der Waals surface area contributed by atoms with Crippen molar-refractivity contribution in [2.24, 2.45) is 0 Å². The number of aromatic nitrogens is 3. The quantitative estimate of drug-likeness (QED) is 0.680. The zero-order valence-corrected chi connectivity index (χ0v) is 10.4. The minimum Gasteiger partial charge on any atom is -0.348 e. The molecule has 0 aromatic carbocycles. The Hall–Kier alpha value is -1.63. The number of H-pyrrole nitrogens is 2. The molecule has 0 radical (unpaired) electrons. The summed E-state index contributed by atoms with van der Waals surface area (Å²) in [5.74, 6) is 0.421. The van der Waals surface area contributed by atoms with Crippen molar-refractivity contribution in [1.82, 2.24) is 25.4 Å². The van der Waals surface area contributed by atoms with Crippen LogP contribution in [0.2, 0.25) is 0 Å². The molecule has 0 aliphatic carbocycles. The summed E-state index contributed by atoms with van der Waals surface area (Å²) in [6.45, 7) is 2.67. The van der Waals surface area contributed by atoms with Crippen LogP contribution in [0.1, 0.15) is 31.5 Å². The highest BCUT2D eigenvalue weighted by molar-refractivity contribution is 5.77. The van der Waals surface area contributed by atoms with Crippen LogP contribution in [0.25, 0.3) is 0 Å². The van der Waals surface area contributed by atoms with Gasteiger partial charge in [-0.25, -0.2) is 9.89 Å². The maximum absolute atomic E-state index is 11.7. The molecule has 1 fully saturated rings. The third-order valence-electron chi connectivity index (χ3n) is 3.07. The minimum atomic E-state index is -0.355. The fraction of sp³-hybridized carbons (Fsp3) is 0.727. The summed E-state index contributed by atoms with van der Waals surface area (Å²) in [7, 11) is 0. The molecular formula is C11H19N5O2. The van der Waals surface area contributed by atoms with Gasteiger partial charge in [0.15, 0.2) is 0 Å². The Morgan fingerprint density at radius 1 is 1.28 bits per heavy atom. The number of hydrogen-bond donors (Lipinski definition) is 3. The number of likely N-dealkylation sites (tertiary alicyclic amines) is 1. The molecule has 2 heterocycles. The van der Waals surface area contributed by atoms with E-state index in [4.69, 9.17) is 0 Å². The lowest BCUT2D eigenvalue weighted by molar-refractivity contribution is -0.122. The van der Waals surface area contributed by atoms with E-state index in [2.05, 4.69) is 25.4 Å². The van der Waals surface area contributed by atoms with Crippen LogP contribution in [-0.2, 0) is 11.3 Å². The van der Waals surface area contributed by atoms with E-state index in [0.29, 0.717) is 12.4 Å². The monoisotopic (exact) mass is 253 g/mol. The minimum absolute atomic E-state index is 0.0271. The third kappa shape index (κ3) is 3.99. The van der Waals surface area contributed by atoms with Crippen molar-refractivity contribution in [3.63, 3.8) is 0 Å². The molecule has 1 amide bonds. The van der Waals surface area contributed by atoms with Gasteiger partial charge in [0.2, 0.25) is 5.91 Å². The first kappa shape index (κ1) is 12.8. The summed E-state index contributed by atoms with van der Waals surface area (Å²) in [5, 5.41) is 8.73.